The van der Waals surface area contributed by atoms with Gasteiger partial charge in [0.1, 0.15) is 10.1 Å². The lowest BCUT2D eigenvalue weighted by Crippen LogP contribution is -1.82. The summed E-state index contributed by atoms with van der Waals surface area (Å²) in [5.74, 6) is 0. The predicted molar refractivity (Wildman–Crippen MR) is 60.9 cm³/mol. The van der Waals surface area contributed by atoms with Gasteiger partial charge in [0.2, 0.25) is 0 Å². The Morgan fingerprint density at radius 2 is 2.43 bits per heavy atom. The maximum atomic E-state index is 4.36. The summed E-state index contributed by atoms with van der Waals surface area (Å²) >= 11 is 3.31. The minimum absolute atomic E-state index is 0.760. The Labute approximate surface area is 90.4 Å². The molecule has 0 fully saturated rings. The topological polar surface area (TPSA) is 41.6 Å². The summed E-state index contributed by atoms with van der Waals surface area (Å²) in [5, 5.41) is 0. The molecule has 0 saturated carbocycles. The lowest BCUT2D eigenvalue weighted by molar-refractivity contribution is 1.23. The molecule has 0 spiro atoms. The summed E-state index contributed by atoms with van der Waals surface area (Å²) in [7, 11) is 0. The second kappa shape index (κ2) is 3.92. The SMILES string of the molecule is CC/C=C\c1c[nH]c2ncc(Br)nc12. The highest BCUT2D eigenvalue weighted by Gasteiger charge is 2.03. The summed E-state index contributed by atoms with van der Waals surface area (Å²) < 4.78 is 0.760. The Kier molecular flexibility index (Phi) is 2.63. The number of aromatic nitrogens is 3. The summed E-state index contributed by atoms with van der Waals surface area (Å²) in [6.45, 7) is 2.10. The monoisotopic (exact) mass is 251 g/mol. The fraction of sp³-hybridized carbons (Fsp3) is 0.200. The van der Waals surface area contributed by atoms with Crippen LogP contribution in [0, 0.1) is 0 Å². The van der Waals surface area contributed by atoms with Gasteiger partial charge < -0.3 is 4.98 Å². The van der Waals surface area contributed by atoms with Gasteiger partial charge in [-0.25, -0.2) is 9.97 Å². The third-order valence-electron chi connectivity index (χ3n) is 1.91. The van der Waals surface area contributed by atoms with E-state index in [1.165, 1.54) is 0 Å². The number of aromatic amines is 1. The van der Waals surface area contributed by atoms with Crippen LogP contribution in [0.15, 0.2) is 23.1 Å². The number of nitrogens with one attached hydrogen (secondary N) is 1. The van der Waals surface area contributed by atoms with Gasteiger partial charge in [0.05, 0.1) is 6.20 Å². The molecule has 0 aliphatic rings. The summed E-state index contributed by atoms with van der Waals surface area (Å²) in [6.07, 6.45) is 8.79. The van der Waals surface area contributed by atoms with Gasteiger partial charge in [-0.3, -0.25) is 0 Å². The number of rotatable bonds is 2. The molecule has 3 nitrogen and oxygen atoms in total. The van der Waals surface area contributed by atoms with E-state index < -0.39 is 0 Å². The molecule has 0 aromatic carbocycles. The maximum absolute atomic E-state index is 4.36. The molecule has 2 heterocycles. The highest BCUT2D eigenvalue weighted by atomic mass is 79.9. The second-order valence-corrected chi connectivity index (χ2v) is 3.76. The minimum atomic E-state index is 0.760. The molecule has 0 radical (unpaired) electrons. The third-order valence-corrected chi connectivity index (χ3v) is 2.30. The van der Waals surface area contributed by atoms with Gasteiger partial charge in [0.15, 0.2) is 5.65 Å². The Morgan fingerprint density at radius 1 is 1.57 bits per heavy atom. The fourth-order valence-corrected chi connectivity index (χ4v) is 1.54. The zero-order valence-corrected chi connectivity index (χ0v) is 9.37. The zero-order valence-electron chi connectivity index (χ0n) is 7.79. The van der Waals surface area contributed by atoms with Crippen LogP contribution in [-0.4, -0.2) is 15.0 Å². The van der Waals surface area contributed by atoms with Crippen LogP contribution in [0.25, 0.3) is 17.2 Å². The number of fused-ring (bicyclic) bond motifs is 1. The van der Waals surface area contributed by atoms with Gasteiger partial charge in [-0.05, 0) is 22.4 Å². The Balaban J connectivity index is 2.55. The molecule has 0 bridgehead atoms. The van der Waals surface area contributed by atoms with Crippen molar-refractivity contribution < 1.29 is 0 Å². The quantitative estimate of drug-likeness (QED) is 0.891. The Hall–Kier alpha value is -1.16. The van der Waals surface area contributed by atoms with E-state index in [2.05, 4.69) is 50.0 Å². The van der Waals surface area contributed by atoms with E-state index in [-0.39, 0.29) is 0 Å². The lowest BCUT2D eigenvalue weighted by atomic mass is 10.2. The average Bonchev–Trinajstić information content (AvgIpc) is 2.57. The number of H-pyrrole nitrogens is 1. The van der Waals surface area contributed by atoms with Crippen LogP contribution < -0.4 is 0 Å². The summed E-state index contributed by atoms with van der Waals surface area (Å²) in [6, 6.07) is 0. The highest BCUT2D eigenvalue weighted by Crippen LogP contribution is 2.17. The molecule has 0 aliphatic heterocycles. The fourth-order valence-electron chi connectivity index (χ4n) is 1.26. The van der Waals surface area contributed by atoms with E-state index >= 15 is 0 Å². The minimum Gasteiger partial charge on any atom is -0.344 e. The molecule has 14 heavy (non-hydrogen) atoms. The summed E-state index contributed by atoms with van der Waals surface area (Å²) in [4.78, 5) is 11.6. The van der Waals surface area contributed by atoms with Crippen molar-refractivity contribution in [2.24, 2.45) is 0 Å². The van der Waals surface area contributed by atoms with Gasteiger partial charge >= 0.3 is 0 Å². The van der Waals surface area contributed by atoms with Crippen molar-refractivity contribution in [2.45, 2.75) is 13.3 Å². The number of nitrogens with zero attached hydrogens (tertiary/aromatic N) is 2. The molecule has 72 valence electrons. The molecule has 0 saturated heterocycles. The van der Waals surface area contributed by atoms with Gasteiger partial charge in [-0.2, -0.15) is 0 Å². The standard InChI is InChI=1S/C10H10BrN3/c1-2-3-4-7-5-12-10-9(7)14-8(11)6-13-10/h3-6H,2H2,1H3,(H,12,13)/b4-3-. The molecule has 0 unspecified atom stereocenters. The van der Waals surface area contributed by atoms with E-state index in [4.69, 9.17) is 0 Å². The van der Waals surface area contributed by atoms with Crippen molar-refractivity contribution in [3.05, 3.63) is 28.6 Å². The van der Waals surface area contributed by atoms with Gasteiger partial charge in [-0.15, -0.1) is 0 Å². The molecular formula is C10H10BrN3. The number of hydrogen-bond donors (Lipinski definition) is 1. The highest BCUT2D eigenvalue weighted by molar-refractivity contribution is 9.10. The van der Waals surface area contributed by atoms with Crippen LogP contribution in [0.1, 0.15) is 18.9 Å². The Bertz CT molecular complexity index is 473. The molecule has 2 aromatic heterocycles. The molecule has 0 amide bonds. The molecule has 2 rings (SSSR count). The predicted octanol–water partition coefficient (Wildman–Crippen LogP) is 3.14. The first kappa shape index (κ1) is 9.40. The number of allylic oxidation sites excluding steroid dienone is 1. The molecule has 1 N–H and O–H groups in total. The summed E-state index contributed by atoms with van der Waals surface area (Å²) in [5.41, 5.74) is 2.81. The lowest BCUT2D eigenvalue weighted by Gasteiger charge is -1.91. The van der Waals surface area contributed by atoms with Crippen LogP contribution in [0.4, 0.5) is 0 Å². The van der Waals surface area contributed by atoms with Gasteiger partial charge in [-0.1, -0.05) is 19.1 Å². The van der Waals surface area contributed by atoms with Crippen molar-refractivity contribution in [1.82, 2.24) is 15.0 Å². The smallest absolute Gasteiger partial charge is 0.156 e. The van der Waals surface area contributed by atoms with Crippen LogP contribution >= 0.6 is 15.9 Å². The van der Waals surface area contributed by atoms with E-state index in [9.17, 15) is 0 Å². The van der Waals surface area contributed by atoms with Crippen molar-refractivity contribution in [2.75, 3.05) is 0 Å². The maximum Gasteiger partial charge on any atom is 0.156 e. The zero-order chi connectivity index (χ0) is 9.97. The normalized spacial score (nSPS) is 11.6. The van der Waals surface area contributed by atoms with Crippen molar-refractivity contribution in [1.29, 1.82) is 0 Å². The van der Waals surface area contributed by atoms with Gasteiger partial charge in [0, 0.05) is 11.8 Å². The first-order chi connectivity index (χ1) is 6.81. The third kappa shape index (κ3) is 1.70. The van der Waals surface area contributed by atoms with Crippen molar-refractivity contribution in [3.63, 3.8) is 0 Å². The second-order valence-electron chi connectivity index (χ2n) is 2.94. The first-order valence-corrected chi connectivity index (χ1v) is 5.26. The van der Waals surface area contributed by atoms with E-state index in [0.29, 0.717) is 0 Å². The number of hydrogen-bond acceptors (Lipinski definition) is 2. The van der Waals surface area contributed by atoms with Gasteiger partial charge in [0.25, 0.3) is 0 Å². The molecule has 4 heteroatoms. The van der Waals surface area contributed by atoms with E-state index in [0.717, 1.165) is 27.8 Å². The van der Waals surface area contributed by atoms with Crippen LogP contribution in [0.3, 0.4) is 0 Å². The number of halogens is 1. The van der Waals surface area contributed by atoms with Crippen molar-refractivity contribution >= 4 is 33.2 Å². The van der Waals surface area contributed by atoms with Crippen molar-refractivity contribution in [3.8, 4) is 0 Å². The van der Waals surface area contributed by atoms with Crippen LogP contribution in [-0.2, 0) is 0 Å². The van der Waals surface area contributed by atoms with Crippen LogP contribution in [0.2, 0.25) is 0 Å². The van der Waals surface area contributed by atoms with Crippen LogP contribution in [0.5, 0.6) is 0 Å². The first-order valence-electron chi connectivity index (χ1n) is 4.47. The molecule has 0 aliphatic carbocycles. The Morgan fingerprint density at radius 3 is 3.21 bits per heavy atom. The molecule has 0 atom stereocenters. The van der Waals surface area contributed by atoms with E-state index in [1.807, 2.05) is 6.20 Å². The average molecular weight is 252 g/mol. The van der Waals surface area contributed by atoms with E-state index in [1.54, 1.807) is 6.20 Å². The molecular weight excluding hydrogens is 242 g/mol. The molecule has 2 aromatic rings. The largest absolute Gasteiger partial charge is 0.344 e.